The minimum atomic E-state index is 0.920. The van der Waals surface area contributed by atoms with Crippen molar-refractivity contribution in [1.29, 1.82) is 0 Å². The molecule has 1 heteroatoms. The van der Waals surface area contributed by atoms with E-state index in [0.717, 1.165) is 38.5 Å². The second-order valence-corrected chi connectivity index (χ2v) is 13.2. The quantitative estimate of drug-likeness (QED) is 0.179. The maximum atomic E-state index is 7.14. The Bertz CT molecular complexity index is 3070. The summed E-state index contributed by atoms with van der Waals surface area (Å²) in [5, 5.41) is 14.8. The van der Waals surface area contributed by atoms with E-state index in [1.54, 1.807) is 0 Å². The molecule has 0 spiro atoms. The summed E-state index contributed by atoms with van der Waals surface area (Å²) in [7, 11) is 0. The van der Waals surface area contributed by atoms with Gasteiger partial charge in [0.05, 0.1) is 0 Å². The van der Waals surface area contributed by atoms with Gasteiger partial charge >= 0.3 is 0 Å². The first kappa shape index (κ1) is 26.6. The molecular weight excluding hydrogens is 593 g/mol. The number of hydrogen-bond acceptors (Lipinski definition) is 1. The summed E-state index contributed by atoms with van der Waals surface area (Å²) >= 11 is 0. The lowest BCUT2D eigenvalue weighted by Crippen LogP contribution is -1.89. The molecule has 10 aromatic carbocycles. The van der Waals surface area contributed by atoms with Crippen LogP contribution in [0.5, 0.6) is 0 Å². The summed E-state index contributed by atoms with van der Waals surface area (Å²) < 4.78 is 7.14. The highest BCUT2D eigenvalue weighted by molar-refractivity contribution is 6.29. The van der Waals surface area contributed by atoms with Gasteiger partial charge in [-0.05, 0) is 94.5 Å². The summed E-state index contributed by atoms with van der Waals surface area (Å²) in [6.45, 7) is 0. The lowest BCUT2D eigenvalue weighted by atomic mass is 9.87. The molecule has 0 N–H and O–H groups in total. The summed E-state index contributed by atoms with van der Waals surface area (Å²) in [5.74, 6) is 0. The molecular formula is C48H28O. The molecule has 0 saturated heterocycles. The van der Waals surface area contributed by atoms with Gasteiger partial charge in [-0.25, -0.2) is 0 Å². The minimum absolute atomic E-state index is 0.920. The minimum Gasteiger partial charge on any atom is -0.455 e. The summed E-state index contributed by atoms with van der Waals surface area (Å²) in [6, 6.07) is 62.0. The van der Waals surface area contributed by atoms with E-state index in [0.29, 0.717) is 0 Å². The van der Waals surface area contributed by atoms with E-state index in [4.69, 9.17) is 4.42 Å². The molecule has 1 aromatic heterocycles. The predicted octanol–water partition coefficient (Wildman–Crippen LogP) is 13.8. The summed E-state index contributed by atoms with van der Waals surface area (Å²) in [5.41, 5.74) is 8.92. The van der Waals surface area contributed by atoms with Crippen molar-refractivity contribution >= 4 is 75.8 Å². The Balaban J connectivity index is 1.30. The molecule has 1 heterocycles. The van der Waals surface area contributed by atoms with Crippen molar-refractivity contribution in [3.63, 3.8) is 0 Å². The molecule has 49 heavy (non-hydrogen) atoms. The zero-order chi connectivity index (χ0) is 32.1. The van der Waals surface area contributed by atoms with Crippen LogP contribution in [-0.2, 0) is 0 Å². The molecule has 226 valence electrons. The molecule has 0 aliphatic heterocycles. The number of rotatable bonds is 3. The van der Waals surface area contributed by atoms with Gasteiger partial charge in [0.25, 0.3) is 0 Å². The van der Waals surface area contributed by atoms with Gasteiger partial charge in [0.2, 0.25) is 0 Å². The van der Waals surface area contributed by atoms with Gasteiger partial charge < -0.3 is 4.42 Å². The van der Waals surface area contributed by atoms with Crippen LogP contribution >= 0.6 is 0 Å². The van der Waals surface area contributed by atoms with E-state index in [1.807, 2.05) is 0 Å². The topological polar surface area (TPSA) is 13.1 Å². The van der Waals surface area contributed by atoms with E-state index >= 15 is 0 Å². The SMILES string of the molecule is c1ccc(-c2cc3c(oc4c(-c5ccc6ccccc6c5)ccc(-c5ccc6ccc7cccc8ccc5c6c78)c43)c3ccccc23)cc1. The van der Waals surface area contributed by atoms with E-state index in [2.05, 4.69) is 170 Å². The maximum Gasteiger partial charge on any atom is 0.143 e. The Morgan fingerprint density at radius 1 is 0.265 bits per heavy atom. The molecule has 0 bridgehead atoms. The average molecular weight is 621 g/mol. The van der Waals surface area contributed by atoms with E-state index < -0.39 is 0 Å². The van der Waals surface area contributed by atoms with Gasteiger partial charge in [0, 0.05) is 21.7 Å². The second-order valence-electron chi connectivity index (χ2n) is 13.2. The maximum absolute atomic E-state index is 7.14. The van der Waals surface area contributed by atoms with Crippen LogP contribution in [0.3, 0.4) is 0 Å². The van der Waals surface area contributed by atoms with Gasteiger partial charge in [-0.2, -0.15) is 0 Å². The Morgan fingerprint density at radius 2 is 0.898 bits per heavy atom. The first-order chi connectivity index (χ1) is 24.3. The normalized spacial score (nSPS) is 12.1. The molecule has 0 radical (unpaired) electrons. The van der Waals surface area contributed by atoms with E-state index in [1.165, 1.54) is 70.7 Å². The fraction of sp³-hybridized carbons (Fsp3) is 0. The molecule has 1 nitrogen and oxygen atoms in total. The third-order valence-corrected chi connectivity index (χ3v) is 10.6. The fourth-order valence-electron chi connectivity index (χ4n) is 8.34. The van der Waals surface area contributed by atoms with Crippen molar-refractivity contribution in [2.75, 3.05) is 0 Å². The second kappa shape index (κ2) is 10.0. The Kier molecular flexibility index (Phi) is 5.45. The highest BCUT2D eigenvalue weighted by atomic mass is 16.3. The first-order valence-electron chi connectivity index (χ1n) is 16.9. The van der Waals surface area contributed by atoms with Crippen LogP contribution in [0.25, 0.3) is 109 Å². The van der Waals surface area contributed by atoms with Crippen molar-refractivity contribution in [3.05, 3.63) is 170 Å². The average Bonchev–Trinajstić information content (AvgIpc) is 3.56. The van der Waals surface area contributed by atoms with Gasteiger partial charge in [-0.1, -0.05) is 152 Å². The third-order valence-electron chi connectivity index (χ3n) is 10.6. The highest BCUT2D eigenvalue weighted by Crippen LogP contribution is 2.48. The van der Waals surface area contributed by atoms with Crippen LogP contribution in [0, 0.1) is 0 Å². The molecule has 11 aromatic rings. The number of hydrogen-bond donors (Lipinski definition) is 0. The monoisotopic (exact) mass is 620 g/mol. The lowest BCUT2D eigenvalue weighted by Gasteiger charge is -2.15. The molecule has 0 atom stereocenters. The standard InChI is InChI=1S/C48H28O/c1-2-10-30(11-3-1)42-28-43-46-40(38-23-21-33-19-18-31-13-8-14-32-22-24-39(38)45(33)44(31)32)26-25-36(35-20-17-29-9-4-5-12-34(29)27-35)48(46)49-47(43)41-16-7-6-15-37(41)42/h1-28H. The molecule has 0 saturated carbocycles. The molecule has 11 rings (SSSR count). The summed E-state index contributed by atoms with van der Waals surface area (Å²) in [6.07, 6.45) is 0. The third kappa shape index (κ3) is 3.82. The van der Waals surface area contributed by atoms with Crippen LogP contribution in [0.4, 0.5) is 0 Å². The lowest BCUT2D eigenvalue weighted by molar-refractivity contribution is 0.674. The molecule has 0 aliphatic carbocycles. The molecule has 0 fully saturated rings. The summed E-state index contributed by atoms with van der Waals surface area (Å²) in [4.78, 5) is 0. The molecule has 0 aliphatic rings. The van der Waals surface area contributed by atoms with Crippen LogP contribution in [0.15, 0.2) is 174 Å². The number of benzene rings is 10. The van der Waals surface area contributed by atoms with Crippen molar-refractivity contribution in [1.82, 2.24) is 0 Å². The Labute approximate surface area is 282 Å². The number of fused-ring (bicyclic) bond motifs is 6. The van der Waals surface area contributed by atoms with Gasteiger partial charge in [0.1, 0.15) is 11.2 Å². The number of furan rings is 1. The van der Waals surface area contributed by atoms with Crippen molar-refractivity contribution in [2.45, 2.75) is 0 Å². The fourth-order valence-corrected chi connectivity index (χ4v) is 8.34. The van der Waals surface area contributed by atoms with Crippen LogP contribution in [0.2, 0.25) is 0 Å². The van der Waals surface area contributed by atoms with Crippen molar-refractivity contribution in [3.8, 4) is 33.4 Å². The van der Waals surface area contributed by atoms with Crippen LogP contribution in [-0.4, -0.2) is 0 Å². The first-order valence-corrected chi connectivity index (χ1v) is 16.9. The zero-order valence-electron chi connectivity index (χ0n) is 26.6. The molecule has 0 amide bonds. The van der Waals surface area contributed by atoms with Gasteiger partial charge in [-0.3, -0.25) is 0 Å². The smallest absolute Gasteiger partial charge is 0.143 e. The Morgan fingerprint density at radius 3 is 1.76 bits per heavy atom. The van der Waals surface area contributed by atoms with E-state index in [-0.39, 0.29) is 0 Å². The zero-order valence-corrected chi connectivity index (χ0v) is 26.6. The van der Waals surface area contributed by atoms with Gasteiger partial charge in [0.15, 0.2) is 0 Å². The molecule has 0 unspecified atom stereocenters. The Hall–Kier alpha value is -6.44. The van der Waals surface area contributed by atoms with Crippen molar-refractivity contribution in [2.24, 2.45) is 0 Å². The largest absolute Gasteiger partial charge is 0.455 e. The van der Waals surface area contributed by atoms with Crippen molar-refractivity contribution < 1.29 is 4.42 Å². The van der Waals surface area contributed by atoms with Crippen LogP contribution in [0.1, 0.15) is 0 Å². The van der Waals surface area contributed by atoms with E-state index in [9.17, 15) is 0 Å². The predicted molar refractivity (Wildman–Crippen MR) is 209 cm³/mol. The highest BCUT2D eigenvalue weighted by Gasteiger charge is 2.22. The van der Waals surface area contributed by atoms with Crippen LogP contribution < -0.4 is 0 Å². The van der Waals surface area contributed by atoms with Gasteiger partial charge in [-0.15, -0.1) is 0 Å².